The highest BCUT2D eigenvalue weighted by Gasteiger charge is 2.01. The normalized spacial score (nSPS) is 12.9. The smallest absolute Gasteiger partial charge is 0.248 e. The van der Waals surface area contributed by atoms with Crippen molar-refractivity contribution >= 4 is 16.8 Å². The third-order valence-electron chi connectivity index (χ3n) is 4.21. The molecule has 0 aliphatic heterocycles. The molecule has 2 aromatic rings. The van der Waals surface area contributed by atoms with Gasteiger partial charge in [0.25, 0.3) is 0 Å². The monoisotopic (exact) mass is 327 g/mol. The molecule has 1 aromatic carbocycles. The minimum Gasteiger partial charge on any atom is -0.379 e. The van der Waals surface area contributed by atoms with Gasteiger partial charge in [-0.25, -0.2) is 0 Å². The van der Waals surface area contributed by atoms with E-state index >= 15 is 0 Å². The van der Waals surface area contributed by atoms with E-state index in [9.17, 15) is 4.79 Å². The largest absolute Gasteiger partial charge is 0.379 e. The van der Waals surface area contributed by atoms with Crippen LogP contribution in [0.4, 0.5) is 0 Å². The molecule has 0 bridgehead atoms. The number of hydrogen-bond donors (Lipinski definition) is 1. The van der Waals surface area contributed by atoms with Gasteiger partial charge in [0.2, 0.25) is 5.56 Å². The number of ether oxygens (including phenoxy) is 1. The van der Waals surface area contributed by atoms with E-state index in [1.165, 1.54) is 24.8 Å². The van der Waals surface area contributed by atoms with Crippen molar-refractivity contribution in [2.24, 2.45) is 0 Å². The quantitative estimate of drug-likeness (QED) is 0.601. The van der Waals surface area contributed by atoms with Gasteiger partial charge in [-0.3, -0.25) is 4.79 Å². The van der Waals surface area contributed by atoms with Gasteiger partial charge in [-0.1, -0.05) is 44.1 Å². The molecule has 0 saturated heterocycles. The molecular formula is C21H29NO2. The summed E-state index contributed by atoms with van der Waals surface area (Å²) in [7, 11) is 0. The van der Waals surface area contributed by atoms with Crippen LogP contribution in [0.15, 0.2) is 41.3 Å². The van der Waals surface area contributed by atoms with Gasteiger partial charge < -0.3 is 9.72 Å². The van der Waals surface area contributed by atoms with Crippen LogP contribution < -0.4 is 5.56 Å². The number of benzene rings is 1. The van der Waals surface area contributed by atoms with Crippen LogP contribution in [-0.2, 0) is 4.74 Å². The van der Waals surface area contributed by atoms with Gasteiger partial charge in [0.15, 0.2) is 0 Å². The first-order valence-electron chi connectivity index (χ1n) is 9.09. The van der Waals surface area contributed by atoms with Crippen molar-refractivity contribution in [3.05, 3.63) is 52.5 Å². The molecular weight excluding hydrogens is 298 g/mol. The van der Waals surface area contributed by atoms with E-state index in [4.69, 9.17) is 4.74 Å². The Bertz CT molecular complexity index is 702. The van der Waals surface area contributed by atoms with Gasteiger partial charge >= 0.3 is 0 Å². The molecule has 1 heterocycles. The van der Waals surface area contributed by atoms with Crippen molar-refractivity contribution in [1.29, 1.82) is 0 Å². The number of rotatable bonds is 10. The van der Waals surface area contributed by atoms with Crippen molar-refractivity contribution in [3.63, 3.8) is 0 Å². The third-order valence-corrected chi connectivity index (χ3v) is 4.21. The summed E-state index contributed by atoms with van der Waals surface area (Å²) in [6, 6.07) is 7.78. The van der Waals surface area contributed by atoms with Gasteiger partial charge in [-0.15, -0.1) is 0 Å². The fourth-order valence-electron chi connectivity index (χ4n) is 2.75. The summed E-state index contributed by atoms with van der Waals surface area (Å²) in [4.78, 5) is 14.0. The molecule has 0 aliphatic rings. The molecule has 2 rings (SSSR count). The number of unbranched alkanes of at least 4 members (excludes halogenated alkanes) is 3. The molecule has 1 aromatic heterocycles. The van der Waals surface area contributed by atoms with Gasteiger partial charge in [0, 0.05) is 18.9 Å². The van der Waals surface area contributed by atoms with Crippen molar-refractivity contribution in [3.8, 4) is 0 Å². The average Bonchev–Trinajstić information content (AvgIpc) is 2.58. The highest BCUT2D eigenvalue weighted by atomic mass is 16.5. The lowest BCUT2D eigenvalue weighted by Gasteiger charge is -2.11. The number of fused-ring (bicyclic) bond motifs is 1. The van der Waals surface area contributed by atoms with E-state index in [2.05, 4.69) is 43.1 Å². The zero-order valence-electron chi connectivity index (χ0n) is 14.9. The number of allylic oxidation sites excluding steroid dienone is 1. The molecule has 130 valence electrons. The fraction of sp³-hybridized carbons (Fsp3) is 0.476. The Morgan fingerprint density at radius 3 is 2.88 bits per heavy atom. The van der Waals surface area contributed by atoms with Crippen LogP contribution in [0, 0.1) is 0 Å². The highest BCUT2D eigenvalue weighted by molar-refractivity contribution is 5.83. The Hall–Kier alpha value is -1.87. The predicted octanol–water partition coefficient (Wildman–Crippen LogP) is 5.31. The van der Waals surface area contributed by atoms with Gasteiger partial charge in [-0.2, -0.15) is 0 Å². The Balaban J connectivity index is 1.72. The van der Waals surface area contributed by atoms with E-state index in [1.807, 2.05) is 6.07 Å². The molecule has 24 heavy (non-hydrogen) atoms. The Morgan fingerprint density at radius 1 is 1.17 bits per heavy atom. The van der Waals surface area contributed by atoms with Gasteiger partial charge in [0.05, 0.1) is 6.10 Å². The van der Waals surface area contributed by atoms with Crippen LogP contribution in [-0.4, -0.2) is 17.7 Å². The predicted molar refractivity (Wildman–Crippen MR) is 102 cm³/mol. The molecule has 0 radical (unpaired) electrons. The standard InChI is InChI=1S/C21H29NO2/c1-3-4-8-13-24-17(2)9-6-5-7-10-18-11-12-19-15-21(23)22-16-20(19)14-18/h7,10-12,14-17H,3-6,8-9,13H2,1-2H3,(H,22,23). The van der Waals surface area contributed by atoms with Crippen LogP contribution in [0.25, 0.3) is 16.8 Å². The van der Waals surface area contributed by atoms with Crippen LogP contribution in [0.3, 0.4) is 0 Å². The van der Waals surface area contributed by atoms with E-state index in [0.717, 1.165) is 36.6 Å². The summed E-state index contributed by atoms with van der Waals surface area (Å²) in [6.07, 6.45) is 13.5. The second-order valence-electron chi connectivity index (χ2n) is 6.41. The zero-order chi connectivity index (χ0) is 17.2. The van der Waals surface area contributed by atoms with Gasteiger partial charge in [0.1, 0.15) is 0 Å². The summed E-state index contributed by atoms with van der Waals surface area (Å²) in [5.74, 6) is 0. The first kappa shape index (κ1) is 18.5. The van der Waals surface area contributed by atoms with Crippen LogP contribution in [0.1, 0.15) is 57.9 Å². The molecule has 0 aliphatic carbocycles. The first-order valence-corrected chi connectivity index (χ1v) is 9.09. The Morgan fingerprint density at radius 2 is 2.04 bits per heavy atom. The molecule has 3 heteroatoms. The first-order chi connectivity index (χ1) is 11.7. The Kier molecular flexibility index (Phi) is 7.76. The summed E-state index contributed by atoms with van der Waals surface area (Å²) < 4.78 is 5.81. The van der Waals surface area contributed by atoms with E-state index in [1.54, 1.807) is 12.3 Å². The fourth-order valence-corrected chi connectivity index (χ4v) is 2.75. The van der Waals surface area contributed by atoms with Gasteiger partial charge in [-0.05, 0) is 55.0 Å². The number of aromatic amines is 1. The lowest BCUT2D eigenvalue weighted by molar-refractivity contribution is 0.0566. The summed E-state index contributed by atoms with van der Waals surface area (Å²) in [5.41, 5.74) is 1.11. The summed E-state index contributed by atoms with van der Waals surface area (Å²) in [6.45, 7) is 5.27. The second kappa shape index (κ2) is 10.1. The number of hydrogen-bond acceptors (Lipinski definition) is 2. The van der Waals surface area contributed by atoms with Crippen molar-refractivity contribution < 1.29 is 4.74 Å². The maximum absolute atomic E-state index is 11.3. The lowest BCUT2D eigenvalue weighted by Crippen LogP contribution is -2.08. The third kappa shape index (κ3) is 6.32. The molecule has 1 unspecified atom stereocenters. The summed E-state index contributed by atoms with van der Waals surface area (Å²) >= 11 is 0. The average molecular weight is 327 g/mol. The van der Waals surface area contributed by atoms with E-state index in [0.29, 0.717) is 6.10 Å². The number of aromatic nitrogens is 1. The number of H-pyrrole nitrogens is 1. The number of nitrogens with one attached hydrogen (secondary N) is 1. The molecule has 0 spiro atoms. The number of pyridine rings is 1. The van der Waals surface area contributed by atoms with Crippen molar-refractivity contribution in [2.75, 3.05) is 6.61 Å². The minimum atomic E-state index is -0.0585. The highest BCUT2D eigenvalue weighted by Crippen LogP contribution is 2.15. The van der Waals surface area contributed by atoms with E-state index in [-0.39, 0.29) is 5.56 Å². The molecule has 1 N–H and O–H groups in total. The maximum Gasteiger partial charge on any atom is 0.248 e. The SMILES string of the molecule is CCCCCOC(C)CCCC=Cc1ccc2cc(=O)[nH]cc2c1. The van der Waals surface area contributed by atoms with Crippen molar-refractivity contribution in [2.45, 2.75) is 58.5 Å². The molecule has 0 saturated carbocycles. The molecule has 0 amide bonds. The summed E-state index contributed by atoms with van der Waals surface area (Å²) in [5, 5.41) is 2.04. The minimum absolute atomic E-state index is 0.0585. The lowest BCUT2D eigenvalue weighted by atomic mass is 10.1. The molecule has 3 nitrogen and oxygen atoms in total. The Labute approximate surface area is 144 Å². The molecule has 0 fully saturated rings. The maximum atomic E-state index is 11.3. The van der Waals surface area contributed by atoms with Crippen LogP contribution >= 0.6 is 0 Å². The van der Waals surface area contributed by atoms with E-state index < -0.39 is 0 Å². The zero-order valence-corrected chi connectivity index (χ0v) is 14.9. The van der Waals surface area contributed by atoms with Crippen LogP contribution in [0.2, 0.25) is 0 Å². The topological polar surface area (TPSA) is 42.1 Å². The molecule has 1 atom stereocenters. The van der Waals surface area contributed by atoms with Crippen molar-refractivity contribution in [1.82, 2.24) is 4.98 Å². The second-order valence-corrected chi connectivity index (χ2v) is 6.41. The van der Waals surface area contributed by atoms with Crippen LogP contribution in [0.5, 0.6) is 0 Å².